The summed E-state index contributed by atoms with van der Waals surface area (Å²) in [5.74, 6) is -0.162. The molecule has 0 aromatic heterocycles. The van der Waals surface area contributed by atoms with E-state index in [9.17, 15) is 4.79 Å². The van der Waals surface area contributed by atoms with Crippen molar-refractivity contribution in [2.75, 3.05) is 7.05 Å². The van der Waals surface area contributed by atoms with Gasteiger partial charge in [0.05, 0.1) is 11.6 Å². The van der Waals surface area contributed by atoms with Gasteiger partial charge in [0.1, 0.15) is 0 Å². The molecule has 1 aromatic carbocycles. The molecule has 1 atom stereocenters. The molecule has 0 radical (unpaired) electrons. The summed E-state index contributed by atoms with van der Waals surface area (Å²) < 4.78 is 0. The third-order valence-electron chi connectivity index (χ3n) is 2.96. The molecule has 0 spiro atoms. The Labute approximate surface area is 122 Å². The fraction of sp³-hybridized carbons (Fsp3) is 0.231. The second-order valence-electron chi connectivity index (χ2n) is 4.17. The zero-order valence-electron chi connectivity index (χ0n) is 10.6. The van der Waals surface area contributed by atoms with Crippen molar-refractivity contribution in [3.63, 3.8) is 0 Å². The Morgan fingerprint density at radius 3 is 2.74 bits per heavy atom. The van der Waals surface area contributed by atoms with Crippen molar-refractivity contribution >= 4 is 34.8 Å². The van der Waals surface area contributed by atoms with E-state index in [-0.39, 0.29) is 11.9 Å². The van der Waals surface area contributed by atoms with Gasteiger partial charge in [-0.3, -0.25) is 4.79 Å². The summed E-state index contributed by atoms with van der Waals surface area (Å²) in [6, 6.07) is 7.05. The van der Waals surface area contributed by atoms with Crippen molar-refractivity contribution in [3.05, 3.63) is 46.1 Å². The molecule has 19 heavy (non-hydrogen) atoms. The van der Waals surface area contributed by atoms with Gasteiger partial charge in [-0.1, -0.05) is 29.8 Å². The Morgan fingerprint density at radius 2 is 2.11 bits per heavy atom. The molecular weight excluding hydrogens is 282 g/mol. The van der Waals surface area contributed by atoms with Gasteiger partial charge in [0.2, 0.25) is 0 Å². The number of carbonyl (C=O) groups is 1. The van der Waals surface area contributed by atoms with Crippen LogP contribution in [-0.4, -0.2) is 18.1 Å². The van der Waals surface area contributed by atoms with Crippen molar-refractivity contribution in [2.45, 2.75) is 13.0 Å². The summed E-state index contributed by atoms with van der Waals surface area (Å²) in [6.07, 6.45) is 0. The van der Waals surface area contributed by atoms with E-state index in [4.69, 9.17) is 23.8 Å². The normalized spacial score (nSPS) is 18.7. The number of hydrogen-bond donors (Lipinski definition) is 3. The molecule has 1 aliphatic rings. The first-order valence-electron chi connectivity index (χ1n) is 5.79. The Balaban J connectivity index is 2.53. The lowest BCUT2D eigenvalue weighted by Gasteiger charge is -2.30. The first kappa shape index (κ1) is 13.8. The maximum Gasteiger partial charge on any atom is 0.251 e. The standard InChI is InChI=1S/C13H14ClN3OS/c1-7-10(12(18)15-2)11(17-13(19)16-7)8-5-3-4-6-9(8)14/h3-6,11H,1-2H3,(H,15,18)(H2,16,17,19)/t11-/m0/s1. The van der Waals surface area contributed by atoms with Crippen LogP contribution in [0.1, 0.15) is 18.5 Å². The van der Waals surface area contributed by atoms with Gasteiger partial charge in [-0.25, -0.2) is 0 Å². The van der Waals surface area contributed by atoms with E-state index in [0.29, 0.717) is 15.7 Å². The number of thiocarbonyl (C=S) groups is 1. The second-order valence-corrected chi connectivity index (χ2v) is 4.99. The predicted molar refractivity (Wildman–Crippen MR) is 79.8 cm³/mol. The molecule has 6 heteroatoms. The van der Waals surface area contributed by atoms with E-state index in [2.05, 4.69) is 16.0 Å². The van der Waals surface area contributed by atoms with E-state index in [0.717, 1.165) is 11.3 Å². The van der Waals surface area contributed by atoms with Gasteiger partial charge in [0, 0.05) is 17.8 Å². The van der Waals surface area contributed by atoms with Gasteiger partial charge < -0.3 is 16.0 Å². The highest BCUT2D eigenvalue weighted by Gasteiger charge is 2.30. The minimum absolute atomic E-state index is 0.162. The minimum Gasteiger partial charge on any atom is -0.355 e. The number of benzene rings is 1. The summed E-state index contributed by atoms with van der Waals surface area (Å²) in [7, 11) is 1.60. The monoisotopic (exact) mass is 295 g/mol. The molecular formula is C13H14ClN3OS. The van der Waals surface area contributed by atoms with Crippen LogP contribution < -0.4 is 16.0 Å². The van der Waals surface area contributed by atoms with Gasteiger partial charge in [-0.2, -0.15) is 0 Å². The van der Waals surface area contributed by atoms with Gasteiger partial charge in [-0.05, 0) is 30.8 Å². The number of likely N-dealkylation sites (N-methyl/N-ethyl adjacent to an activating group) is 1. The fourth-order valence-corrected chi connectivity index (χ4v) is 2.59. The molecule has 0 unspecified atom stereocenters. The van der Waals surface area contributed by atoms with E-state index in [1.807, 2.05) is 25.1 Å². The second kappa shape index (κ2) is 5.59. The summed E-state index contributed by atoms with van der Waals surface area (Å²) in [5.41, 5.74) is 2.14. The summed E-state index contributed by atoms with van der Waals surface area (Å²) in [5, 5.41) is 9.76. The van der Waals surface area contributed by atoms with Crippen LogP contribution in [0, 0.1) is 0 Å². The smallest absolute Gasteiger partial charge is 0.251 e. The lowest BCUT2D eigenvalue weighted by Crippen LogP contribution is -2.46. The number of amides is 1. The van der Waals surface area contributed by atoms with Crippen LogP contribution in [0.5, 0.6) is 0 Å². The number of carbonyl (C=O) groups excluding carboxylic acids is 1. The number of rotatable bonds is 2. The molecule has 4 nitrogen and oxygen atoms in total. The Kier molecular flexibility index (Phi) is 4.07. The Hall–Kier alpha value is -1.59. The lowest BCUT2D eigenvalue weighted by atomic mass is 9.95. The zero-order chi connectivity index (χ0) is 14.0. The van der Waals surface area contributed by atoms with E-state index in [1.165, 1.54) is 0 Å². The highest BCUT2D eigenvalue weighted by Crippen LogP contribution is 2.31. The van der Waals surface area contributed by atoms with E-state index in [1.54, 1.807) is 13.1 Å². The largest absolute Gasteiger partial charge is 0.355 e. The summed E-state index contributed by atoms with van der Waals surface area (Å²) in [6.45, 7) is 1.82. The molecule has 1 heterocycles. The van der Waals surface area contributed by atoms with Crippen LogP contribution in [-0.2, 0) is 4.79 Å². The third-order valence-corrected chi connectivity index (χ3v) is 3.52. The van der Waals surface area contributed by atoms with Gasteiger partial charge in [0.15, 0.2) is 5.11 Å². The van der Waals surface area contributed by atoms with E-state index < -0.39 is 0 Å². The highest BCUT2D eigenvalue weighted by atomic mass is 35.5. The van der Waals surface area contributed by atoms with Crippen molar-refractivity contribution in [1.29, 1.82) is 0 Å². The Morgan fingerprint density at radius 1 is 1.42 bits per heavy atom. The highest BCUT2D eigenvalue weighted by molar-refractivity contribution is 7.80. The summed E-state index contributed by atoms with van der Waals surface area (Å²) in [4.78, 5) is 12.0. The lowest BCUT2D eigenvalue weighted by molar-refractivity contribution is -0.117. The molecule has 100 valence electrons. The topological polar surface area (TPSA) is 53.2 Å². The predicted octanol–water partition coefficient (Wildman–Crippen LogP) is 1.88. The van der Waals surface area contributed by atoms with Gasteiger partial charge in [0.25, 0.3) is 5.91 Å². The molecule has 0 saturated heterocycles. The maximum absolute atomic E-state index is 12.0. The SMILES string of the molecule is CNC(=O)C1=C(C)NC(=S)N[C@H]1c1ccccc1Cl. The van der Waals surface area contributed by atoms with Crippen LogP contribution >= 0.6 is 23.8 Å². The van der Waals surface area contributed by atoms with Crippen LogP contribution in [0.3, 0.4) is 0 Å². The van der Waals surface area contributed by atoms with Crippen molar-refractivity contribution in [2.24, 2.45) is 0 Å². The molecule has 0 saturated carbocycles. The number of halogens is 1. The first-order valence-corrected chi connectivity index (χ1v) is 6.58. The van der Waals surface area contributed by atoms with Gasteiger partial charge in [-0.15, -0.1) is 0 Å². The molecule has 1 aromatic rings. The average Bonchev–Trinajstić information content (AvgIpc) is 2.37. The third kappa shape index (κ3) is 2.72. The summed E-state index contributed by atoms with van der Waals surface area (Å²) >= 11 is 11.4. The van der Waals surface area contributed by atoms with Crippen LogP contribution in [0.2, 0.25) is 5.02 Å². The number of nitrogens with one attached hydrogen (secondary N) is 3. The molecule has 0 fully saturated rings. The fourth-order valence-electron chi connectivity index (χ4n) is 2.07. The first-order chi connectivity index (χ1) is 9.04. The van der Waals surface area contributed by atoms with Crippen LogP contribution in [0.25, 0.3) is 0 Å². The van der Waals surface area contributed by atoms with Crippen LogP contribution in [0.4, 0.5) is 0 Å². The number of allylic oxidation sites excluding steroid dienone is 1. The quantitative estimate of drug-likeness (QED) is 0.729. The van der Waals surface area contributed by atoms with Crippen molar-refractivity contribution in [3.8, 4) is 0 Å². The average molecular weight is 296 g/mol. The molecule has 0 bridgehead atoms. The zero-order valence-corrected chi connectivity index (χ0v) is 12.2. The molecule has 0 aliphatic carbocycles. The van der Waals surface area contributed by atoms with E-state index >= 15 is 0 Å². The van der Waals surface area contributed by atoms with Crippen molar-refractivity contribution < 1.29 is 4.79 Å². The molecule has 2 rings (SSSR count). The molecule has 1 aliphatic heterocycles. The maximum atomic E-state index is 12.0. The Bertz CT molecular complexity index is 571. The van der Waals surface area contributed by atoms with Crippen molar-refractivity contribution in [1.82, 2.24) is 16.0 Å². The molecule has 1 amide bonds. The van der Waals surface area contributed by atoms with Gasteiger partial charge >= 0.3 is 0 Å². The molecule has 3 N–H and O–H groups in total. The minimum atomic E-state index is -0.345. The van der Waals surface area contributed by atoms with Crippen LogP contribution in [0.15, 0.2) is 35.5 Å². The number of hydrogen-bond acceptors (Lipinski definition) is 2.